The molecule has 1 heterocycles. The molecule has 6 heteroatoms. The molecule has 0 fully saturated rings. The zero-order valence-corrected chi connectivity index (χ0v) is 12.8. The molecule has 2 aromatic rings. The van der Waals surface area contributed by atoms with Gasteiger partial charge in [-0.15, -0.1) is 0 Å². The summed E-state index contributed by atoms with van der Waals surface area (Å²) in [5.74, 6) is 0. The Labute approximate surface area is 134 Å². The Morgan fingerprint density at radius 3 is 2.59 bits per heavy atom. The molecule has 22 heavy (non-hydrogen) atoms. The third-order valence-electron chi connectivity index (χ3n) is 3.12. The van der Waals surface area contributed by atoms with Crippen molar-refractivity contribution in [1.82, 2.24) is 15.6 Å². The Morgan fingerprint density at radius 1 is 1.18 bits per heavy atom. The normalized spacial score (nSPS) is 11.7. The number of aliphatic hydroxyl groups is 1. The van der Waals surface area contributed by atoms with Gasteiger partial charge in [-0.3, -0.25) is 0 Å². The number of aliphatic hydroxyl groups excluding tert-OH is 1. The molecule has 0 radical (unpaired) electrons. The van der Waals surface area contributed by atoms with E-state index in [1.54, 1.807) is 18.3 Å². The number of hydrogen-bond donors (Lipinski definition) is 3. The van der Waals surface area contributed by atoms with E-state index in [-0.39, 0.29) is 18.7 Å². The number of rotatable bonds is 6. The van der Waals surface area contributed by atoms with Gasteiger partial charge in [-0.1, -0.05) is 48.0 Å². The molecule has 1 aromatic heterocycles. The van der Waals surface area contributed by atoms with Crippen LogP contribution in [0, 0.1) is 0 Å². The summed E-state index contributed by atoms with van der Waals surface area (Å²) in [5.41, 5.74) is 1.91. The first kappa shape index (κ1) is 16.3. The van der Waals surface area contributed by atoms with Crippen LogP contribution < -0.4 is 10.6 Å². The maximum atomic E-state index is 11.9. The number of urea groups is 1. The molecule has 0 saturated carbocycles. The minimum atomic E-state index is -0.329. The summed E-state index contributed by atoms with van der Waals surface area (Å²) in [6.07, 6.45) is 2.18. The summed E-state index contributed by atoms with van der Waals surface area (Å²) in [7, 11) is 0. The highest BCUT2D eigenvalue weighted by atomic mass is 35.5. The van der Waals surface area contributed by atoms with Crippen molar-refractivity contribution in [3.63, 3.8) is 0 Å². The van der Waals surface area contributed by atoms with E-state index in [1.807, 2.05) is 30.3 Å². The van der Waals surface area contributed by atoms with Gasteiger partial charge in [0.05, 0.1) is 12.6 Å². The van der Waals surface area contributed by atoms with E-state index in [0.717, 1.165) is 11.1 Å². The first-order chi connectivity index (χ1) is 10.7. The molecular weight excluding hydrogens is 302 g/mol. The summed E-state index contributed by atoms with van der Waals surface area (Å²) < 4.78 is 0. The van der Waals surface area contributed by atoms with Gasteiger partial charge in [0.1, 0.15) is 5.15 Å². The van der Waals surface area contributed by atoms with E-state index in [9.17, 15) is 9.90 Å². The van der Waals surface area contributed by atoms with Crippen molar-refractivity contribution in [3.05, 3.63) is 64.9 Å². The van der Waals surface area contributed by atoms with Gasteiger partial charge in [-0.05, 0) is 23.6 Å². The highest BCUT2D eigenvalue weighted by molar-refractivity contribution is 6.29. The topological polar surface area (TPSA) is 74.2 Å². The lowest BCUT2D eigenvalue weighted by Gasteiger charge is -2.17. The number of pyridine rings is 1. The number of hydrogen-bond acceptors (Lipinski definition) is 3. The smallest absolute Gasteiger partial charge is 0.315 e. The third-order valence-corrected chi connectivity index (χ3v) is 3.35. The number of nitrogens with one attached hydrogen (secondary N) is 2. The molecule has 1 atom stereocenters. The summed E-state index contributed by atoms with van der Waals surface area (Å²) in [5, 5.41) is 15.3. The van der Waals surface area contributed by atoms with Crippen LogP contribution in [0.3, 0.4) is 0 Å². The second-order valence-electron chi connectivity index (χ2n) is 4.89. The fourth-order valence-corrected chi connectivity index (χ4v) is 2.10. The Hall–Kier alpha value is -2.11. The quantitative estimate of drug-likeness (QED) is 0.714. The molecule has 3 N–H and O–H groups in total. The molecule has 1 aromatic carbocycles. The van der Waals surface area contributed by atoms with Crippen molar-refractivity contribution < 1.29 is 9.90 Å². The van der Waals surface area contributed by atoms with Gasteiger partial charge in [0, 0.05) is 12.7 Å². The Kier molecular flexibility index (Phi) is 6.18. The molecule has 0 aliphatic heterocycles. The first-order valence-electron chi connectivity index (χ1n) is 6.97. The van der Waals surface area contributed by atoms with Crippen molar-refractivity contribution in [2.24, 2.45) is 0 Å². The molecule has 5 nitrogen and oxygen atoms in total. The van der Waals surface area contributed by atoms with E-state index in [2.05, 4.69) is 15.6 Å². The summed E-state index contributed by atoms with van der Waals surface area (Å²) >= 11 is 5.70. The van der Waals surface area contributed by atoms with Gasteiger partial charge in [-0.2, -0.15) is 0 Å². The molecule has 1 unspecified atom stereocenters. The Balaban J connectivity index is 1.80. The van der Waals surface area contributed by atoms with Crippen LogP contribution >= 0.6 is 11.6 Å². The minimum absolute atomic E-state index is 0.120. The largest absolute Gasteiger partial charge is 0.394 e. The van der Waals surface area contributed by atoms with Gasteiger partial charge < -0.3 is 15.7 Å². The average Bonchev–Trinajstić information content (AvgIpc) is 2.54. The van der Waals surface area contributed by atoms with Crippen LogP contribution in [-0.4, -0.2) is 28.8 Å². The van der Waals surface area contributed by atoms with E-state index in [0.29, 0.717) is 18.1 Å². The Bertz CT molecular complexity index is 590. The standard InChI is InChI=1S/C16H18ClN3O2/c17-15-7-6-13(9-18-15)10-19-16(22)20-14(11-21)8-12-4-2-1-3-5-12/h1-7,9,14,21H,8,10-11H2,(H2,19,20,22). The lowest BCUT2D eigenvalue weighted by Crippen LogP contribution is -2.44. The Morgan fingerprint density at radius 2 is 1.95 bits per heavy atom. The third kappa shape index (κ3) is 5.35. The fourth-order valence-electron chi connectivity index (χ4n) is 1.99. The zero-order valence-electron chi connectivity index (χ0n) is 12.0. The predicted molar refractivity (Wildman–Crippen MR) is 85.6 cm³/mol. The van der Waals surface area contributed by atoms with Gasteiger partial charge >= 0.3 is 6.03 Å². The van der Waals surface area contributed by atoms with Crippen molar-refractivity contribution in [1.29, 1.82) is 0 Å². The second kappa shape index (κ2) is 8.36. The molecule has 2 amide bonds. The molecule has 0 aliphatic rings. The average molecular weight is 320 g/mol. The maximum absolute atomic E-state index is 11.9. The van der Waals surface area contributed by atoms with Crippen molar-refractivity contribution >= 4 is 17.6 Å². The zero-order chi connectivity index (χ0) is 15.8. The highest BCUT2D eigenvalue weighted by Crippen LogP contribution is 2.05. The van der Waals surface area contributed by atoms with Crippen molar-refractivity contribution in [3.8, 4) is 0 Å². The van der Waals surface area contributed by atoms with Crippen LogP contribution in [0.4, 0.5) is 4.79 Å². The SMILES string of the molecule is O=C(NCc1ccc(Cl)nc1)NC(CO)Cc1ccccc1. The fraction of sp³-hybridized carbons (Fsp3) is 0.250. The summed E-state index contributed by atoms with van der Waals surface area (Å²) in [6, 6.07) is 12.5. The van der Waals surface area contributed by atoms with E-state index >= 15 is 0 Å². The summed E-state index contributed by atoms with van der Waals surface area (Å²) in [4.78, 5) is 15.8. The number of benzene rings is 1. The van der Waals surface area contributed by atoms with Gasteiger partial charge in [0.2, 0.25) is 0 Å². The van der Waals surface area contributed by atoms with Crippen LogP contribution in [0.15, 0.2) is 48.7 Å². The number of halogens is 1. The van der Waals surface area contributed by atoms with Crippen molar-refractivity contribution in [2.45, 2.75) is 19.0 Å². The molecule has 116 valence electrons. The van der Waals surface area contributed by atoms with E-state index in [4.69, 9.17) is 11.6 Å². The van der Waals surface area contributed by atoms with Crippen LogP contribution in [0.25, 0.3) is 0 Å². The van der Waals surface area contributed by atoms with Crippen molar-refractivity contribution in [2.75, 3.05) is 6.61 Å². The lowest BCUT2D eigenvalue weighted by atomic mass is 10.1. The molecule has 0 bridgehead atoms. The minimum Gasteiger partial charge on any atom is -0.394 e. The first-order valence-corrected chi connectivity index (χ1v) is 7.34. The number of carbonyl (C=O) groups excluding carboxylic acids is 1. The lowest BCUT2D eigenvalue weighted by molar-refractivity contribution is 0.215. The number of aromatic nitrogens is 1. The predicted octanol–water partition coefficient (Wildman–Crippen LogP) is 2.14. The number of nitrogens with zero attached hydrogens (tertiary/aromatic N) is 1. The van der Waals surface area contributed by atoms with E-state index in [1.165, 1.54) is 0 Å². The number of carbonyl (C=O) groups is 1. The monoisotopic (exact) mass is 319 g/mol. The second-order valence-corrected chi connectivity index (χ2v) is 5.27. The summed E-state index contributed by atoms with van der Waals surface area (Å²) in [6.45, 7) is 0.226. The van der Waals surface area contributed by atoms with Gasteiger partial charge in [-0.25, -0.2) is 9.78 Å². The van der Waals surface area contributed by atoms with Crippen LogP contribution in [-0.2, 0) is 13.0 Å². The van der Waals surface area contributed by atoms with E-state index < -0.39 is 0 Å². The maximum Gasteiger partial charge on any atom is 0.315 e. The van der Waals surface area contributed by atoms with Gasteiger partial charge in [0.15, 0.2) is 0 Å². The highest BCUT2D eigenvalue weighted by Gasteiger charge is 2.11. The van der Waals surface area contributed by atoms with Crippen LogP contribution in [0.2, 0.25) is 5.15 Å². The van der Waals surface area contributed by atoms with Crippen LogP contribution in [0.1, 0.15) is 11.1 Å². The molecule has 0 aliphatic carbocycles. The molecule has 2 rings (SSSR count). The van der Waals surface area contributed by atoms with Crippen LogP contribution in [0.5, 0.6) is 0 Å². The molecule has 0 saturated heterocycles. The molecular formula is C16H18ClN3O2. The van der Waals surface area contributed by atoms with Gasteiger partial charge in [0.25, 0.3) is 0 Å². The number of amides is 2. The molecule has 0 spiro atoms.